The zero-order valence-electron chi connectivity index (χ0n) is 10.3. The van der Waals surface area contributed by atoms with Gasteiger partial charge in [-0.25, -0.2) is 9.97 Å². The Morgan fingerprint density at radius 1 is 1.16 bits per heavy atom. The van der Waals surface area contributed by atoms with Gasteiger partial charge < -0.3 is 4.57 Å². The normalized spacial score (nSPS) is 11.1. The number of imidazole rings is 1. The second-order valence-corrected chi connectivity index (χ2v) is 5.09. The van der Waals surface area contributed by atoms with E-state index in [1.165, 1.54) is 0 Å². The van der Waals surface area contributed by atoms with E-state index in [4.69, 9.17) is 23.2 Å². The Morgan fingerprint density at radius 2 is 2.00 bits per heavy atom. The Hall–Kier alpha value is -1.58. The maximum Gasteiger partial charge on any atom is 0.160 e. The minimum Gasteiger partial charge on any atom is -0.308 e. The molecule has 0 spiro atoms. The Bertz CT molecular complexity index is 750. The molecule has 3 rings (SSSR count). The topological polar surface area (TPSA) is 30.7 Å². The second-order valence-electron chi connectivity index (χ2n) is 4.30. The summed E-state index contributed by atoms with van der Waals surface area (Å²) in [4.78, 5) is 8.86. The third-order valence-corrected chi connectivity index (χ3v) is 3.91. The number of nitrogens with zero attached hydrogens (tertiary/aromatic N) is 3. The zero-order valence-corrected chi connectivity index (χ0v) is 11.8. The zero-order chi connectivity index (χ0) is 13.4. The lowest BCUT2D eigenvalue weighted by atomic mass is 10.2. The van der Waals surface area contributed by atoms with Gasteiger partial charge in [0.25, 0.3) is 0 Å². The molecule has 0 aliphatic rings. The number of aromatic nitrogens is 3. The molecule has 1 aromatic carbocycles. The number of aryl methyl sites for hydroxylation is 1. The fraction of sp³-hybridized carbons (Fsp3) is 0.143. The molecule has 2 heterocycles. The lowest BCUT2D eigenvalue weighted by Crippen LogP contribution is -2.03. The molecule has 0 atom stereocenters. The minimum absolute atomic E-state index is 0.564. The standard InChI is InChI=1S/C14H11Cl2N3/c1-9-18-12-6-3-7-17-14(12)19(9)8-10-4-2-5-11(15)13(10)16/h2-7H,8H2,1H3. The van der Waals surface area contributed by atoms with Crippen LogP contribution >= 0.6 is 23.2 Å². The summed E-state index contributed by atoms with van der Waals surface area (Å²) < 4.78 is 2.03. The molecule has 96 valence electrons. The van der Waals surface area contributed by atoms with Crippen LogP contribution < -0.4 is 0 Å². The summed E-state index contributed by atoms with van der Waals surface area (Å²) >= 11 is 12.3. The van der Waals surface area contributed by atoms with Crippen LogP contribution in [0.25, 0.3) is 11.2 Å². The Balaban J connectivity index is 2.11. The third kappa shape index (κ3) is 2.20. The lowest BCUT2D eigenvalue weighted by molar-refractivity contribution is 0.777. The van der Waals surface area contributed by atoms with Crippen LogP contribution in [0.1, 0.15) is 11.4 Å². The maximum absolute atomic E-state index is 6.23. The van der Waals surface area contributed by atoms with Gasteiger partial charge in [-0.05, 0) is 30.7 Å². The van der Waals surface area contributed by atoms with Gasteiger partial charge in [0, 0.05) is 6.20 Å². The molecule has 3 aromatic rings. The van der Waals surface area contributed by atoms with Crippen molar-refractivity contribution in [3.05, 3.63) is 58.0 Å². The van der Waals surface area contributed by atoms with Crippen LogP contribution in [0.5, 0.6) is 0 Å². The number of benzene rings is 1. The fourth-order valence-electron chi connectivity index (χ4n) is 2.10. The molecule has 0 N–H and O–H groups in total. The predicted molar refractivity (Wildman–Crippen MR) is 77.8 cm³/mol. The van der Waals surface area contributed by atoms with Gasteiger partial charge in [-0.15, -0.1) is 0 Å². The van der Waals surface area contributed by atoms with Gasteiger partial charge in [-0.1, -0.05) is 35.3 Å². The summed E-state index contributed by atoms with van der Waals surface area (Å²) in [5, 5.41) is 1.15. The molecule has 0 unspecified atom stereocenters. The van der Waals surface area contributed by atoms with E-state index in [0.29, 0.717) is 16.6 Å². The Labute approximate surface area is 120 Å². The number of fused-ring (bicyclic) bond motifs is 1. The highest BCUT2D eigenvalue weighted by Gasteiger charge is 2.11. The van der Waals surface area contributed by atoms with Crippen molar-refractivity contribution in [2.24, 2.45) is 0 Å². The van der Waals surface area contributed by atoms with E-state index >= 15 is 0 Å². The summed E-state index contributed by atoms with van der Waals surface area (Å²) in [5.41, 5.74) is 2.71. The molecule has 3 nitrogen and oxygen atoms in total. The van der Waals surface area contributed by atoms with Crippen LogP contribution in [0.4, 0.5) is 0 Å². The van der Waals surface area contributed by atoms with Crippen molar-refractivity contribution >= 4 is 34.4 Å². The SMILES string of the molecule is Cc1nc2cccnc2n1Cc1cccc(Cl)c1Cl. The molecule has 0 saturated heterocycles. The van der Waals surface area contributed by atoms with E-state index in [1.54, 1.807) is 12.3 Å². The number of hydrogen-bond acceptors (Lipinski definition) is 2. The van der Waals surface area contributed by atoms with Gasteiger partial charge in [0.1, 0.15) is 11.3 Å². The smallest absolute Gasteiger partial charge is 0.160 e. The maximum atomic E-state index is 6.23. The van der Waals surface area contributed by atoms with Crippen molar-refractivity contribution in [2.45, 2.75) is 13.5 Å². The van der Waals surface area contributed by atoms with Crippen LogP contribution in [0.2, 0.25) is 10.0 Å². The average Bonchev–Trinajstić information content (AvgIpc) is 2.72. The summed E-state index contributed by atoms with van der Waals surface area (Å²) in [7, 11) is 0. The summed E-state index contributed by atoms with van der Waals surface area (Å²) in [6.07, 6.45) is 1.76. The van der Waals surface area contributed by atoms with Crippen LogP contribution in [0.15, 0.2) is 36.5 Å². The van der Waals surface area contributed by atoms with Gasteiger partial charge in [-0.3, -0.25) is 0 Å². The molecule has 2 aromatic heterocycles. The van der Waals surface area contributed by atoms with Crippen LogP contribution in [0, 0.1) is 6.92 Å². The molecule has 0 aliphatic heterocycles. The van der Waals surface area contributed by atoms with Crippen molar-refractivity contribution < 1.29 is 0 Å². The highest BCUT2D eigenvalue weighted by Crippen LogP contribution is 2.27. The molecule has 0 bridgehead atoms. The van der Waals surface area contributed by atoms with E-state index in [9.17, 15) is 0 Å². The molecule has 0 aliphatic carbocycles. The number of rotatable bonds is 2. The minimum atomic E-state index is 0.564. The van der Waals surface area contributed by atoms with Crippen LogP contribution in [-0.2, 0) is 6.54 Å². The molecule has 5 heteroatoms. The van der Waals surface area contributed by atoms with Gasteiger partial charge in [0.2, 0.25) is 0 Å². The van der Waals surface area contributed by atoms with Gasteiger partial charge >= 0.3 is 0 Å². The fourth-order valence-corrected chi connectivity index (χ4v) is 2.48. The largest absolute Gasteiger partial charge is 0.308 e. The van der Waals surface area contributed by atoms with Crippen molar-refractivity contribution in [2.75, 3.05) is 0 Å². The predicted octanol–water partition coefficient (Wildman–Crippen LogP) is 4.09. The Morgan fingerprint density at radius 3 is 2.84 bits per heavy atom. The molecular weight excluding hydrogens is 281 g/mol. The van der Waals surface area contributed by atoms with Gasteiger partial charge in [0.05, 0.1) is 16.6 Å². The molecule has 0 amide bonds. The molecule has 0 radical (unpaired) electrons. The van der Waals surface area contributed by atoms with Gasteiger partial charge in [0.15, 0.2) is 5.65 Å². The quantitative estimate of drug-likeness (QED) is 0.712. The second kappa shape index (κ2) is 4.83. The average molecular weight is 292 g/mol. The third-order valence-electron chi connectivity index (χ3n) is 3.05. The molecule has 0 saturated carbocycles. The summed E-state index contributed by atoms with van der Waals surface area (Å²) in [6.45, 7) is 2.57. The summed E-state index contributed by atoms with van der Waals surface area (Å²) in [6, 6.07) is 9.47. The highest BCUT2D eigenvalue weighted by atomic mass is 35.5. The van der Waals surface area contributed by atoms with Crippen molar-refractivity contribution in [1.29, 1.82) is 0 Å². The van der Waals surface area contributed by atoms with E-state index in [2.05, 4.69) is 9.97 Å². The number of halogens is 2. The number of hydrogen-bond donors (Lipinski definition) is 0. The first-order valence-electron chi connectivity index (χ1n) is 5.87. The monoisotopic (exact) mass is 291 g/mol. The molecule has 0 fully saturated rings. The van der Waals surface area contributed by atoms with E-state index < -0.39 is 0 Å². The first kappa shape index (κ1) is 12.5. The molecule has 19 heavy (non-hydrogen) atoms. The van der Waals surface area contributed by atoms with E-state index in [0.717, 1.165) is 22.6 Å². The van der Waals surface area contributed by atoms with Gasteiger partial charge in [-0.2, -0.15) is 0 Å². The number of pyridine rings is 1. The van der Waals surface area contributed by atoms with Crippen LogP contribution in [-0.4, -0.2) is 14.5 Å². The first-order valence-corrected chi connectivity index (χ1v) is 6.63. The van der Waals surface area contributed by atoms with E-state index in [-0.39, 0.29) is 0 Å². The van der Waals surface area contributed by atoms with Crippen molar-refractivity contribution in [1.82, 2.24) is 14.5 Å². The van der Waals surface area contributed by atoms with E-state index in [1.807, 2.05) is 35.8 Å². The first-order chi connectivity index (χ1) is 9.16. The molecular formula is C14H11Cl2N3. The lowest BCUT2D eigenvalue weighted by Gasteiger charge is -2.09. The Kier molecular flexibility index (Phi) is 3.17. The highest BCUT2D eigenvalue weighted by molar-refractivity contribution is 6.42. The van der Waals surface area contributed by atoms with Crippen molar-refractivity contribution in [3.8, 4) is 0 Å². The van der Waals surface area contributed by atoms with Crippen molar-refractivity contribution in [3.63, 3.8) is 0 Å². The summed E-state index contributed by atoms with van der Waals surface area (Å²) in [5.74, 6) is 0.907. The van der Waals surface area contributed by atoms with Crippen LogP contribution in [0.3, 0.4) is 0 Å².